The molecule has 5 rings (SSSR count). The Balaban J connectivity index is 1.59. The predicted molar refractivity (Wildman–Crippen MR) is 103 cm³/mol. The molecule has 1 saturated carbocycles. The number of pyridine rings is 1. The molecule has 3 aromatic rings. The normalized spacial score (nSPS) is 21.2. The third-order valence-corrected chi connectivity index (χ3v) is 5.85. The fourth-order valence-electron chi connectivity index (χ4n) is 3.37. The molecule has 1 atom stereocenters. The third kappa shape index (κ3) is 2.71. The Bertz CT molecular complexity index is 931. The van der Waals surface area contributed by atoms with Crippen LogP contribution in [0.3, 0.4) is 0 Å². The zero-order chi connectivity index (χ0) is 17.0. The molecule has 25 heavy (non-hydrogen) atoms. The van der Waals surface area contributed by atoms with Crippen LogP contribution in [0.1, 0.15) is 31.4 Å². The molecular weight excluding hydrogens is 431 g/mol. The van der Waals surface area contributed by atoms with Crippen LogP contribution >= 0.6 is 22.6 Å². The molecule has 0 bridgehead atoms. The maximum absolute atomic E-state index is 5.56. The average Bonchev–Trinajstić information content (AvgIpc) is 3.18. The van der Waals surface area contributed by atoms with Gasteiger partial charge in [-0.1, -0.05) is 0 Å². The number of aromatic nitrogens is 5. The van der Waals surface area contributed by atoms with E-state index in [2.05, 4.69) is 61.8 Å². The van der Waals surface area contributed by atoms with Gasteiger partial charge >= 0.3 is 0 Å². The molecule has 1 N–H and O–H groups in total. The smallest absolute Gasteiger partial charge is 0.177 e. The molecule has 3 aromatic heterocycles. The number of hydrogen-bond donors (Lipinski definition) is 1. The highest BCUT2D eigenvalue weighted by Gasteiger charge is 2.27. The van der Waals surface area contributed by atoms with Crippen molar-refractivity contribution < 1.29 is 4.74 Å². The number of nitrogens with zero attached hydrogens (tertiary/aromatic N) is 5. The molecule has 8 heteroatoms. The van der Waals surface area contributed by atoms with Crippen LogP contribution in [0, 0.1) is 3.57 Å². The Morgan fingerprint density at radius 1 is 1.28 bits per heavy atom. The van der Waals surface area contributed by atoms with Gasteiger partial charge in [-0.05, 0) is 48.4 Å². The molecule has 2 fully saturated rings. The zero-order valence-electron chi connectivity index (χ0n) is 13.9. The van der Waals surface area contributed by atoms with Gasteiger partial charge in [-0.2, -0.15) is 14.9 Å². The van der Waals surface area contributed by atoms with Crippen molar-refractivity contribution in [2.75, 3.05) is 24.7 Å². The van der Waals surface area contributed by atoms with Crippen LogP contribution in [-0.4, -0.2) is 50.8 Å². The van der Waals surface area contributed by atoms with Crippen LogP contribution in [-0.2, 0) is 4.74 Å². The number of hydrogen-bond acceptors (Lipinski definition) is 5. The molecule has 1 aliphatic heterocycles. The summed E-state index contributed by atoms with van der Waals surface area (Å²) in [4.78, 5) is 7.24. The molecule has 7 nitrogen and oxygen atoms in total. The summed E-state index contributed by atoms with van der Waals surface area (Å²) in [5, 5.41) is 13.2. The molecule has 0 spiro atoms. The predicted octanol–water partition coefficient (Wildman–Crippen LogP) is 2.85. The van der Waals surface area contributed by atoms with E-state index < -0.39 is 0 Å². The second-order valence-electron chi connectivity index (χ2n) is 6.83. The van der Waals surface area contributed by atoms with E-state index in [0.717, 1.165) is 46.0 Å². The summed E-state index contributed by atoms with van der Waals surface area (Å²) in [6.07, 6.45) is 4.37. The number of nitrogens with one attached hydrogen (secondary N) is 1. The maximum atomic E-state index is 5.56. The van der Waals surface area contributed by atoms with Gasteiger partial charge in [-0.15, -0.1) is 0 Å². The second kappa shape index (κ2) is 5.94. The first-order chi connectivity index (χ1) is 12.2. The van der Waals surface area contributed by atoms with Crippen molar-refractivity contribution in [1.82, 2.24) is 25.0 Å². The molecule has 1 saturated heterocycles. The van der Waals surface area contributed by atoms with Gasteiger partial charge in [0.05, 0.1) is 30.8 Å². The van der Waals surface area contributed by atoms with E-state index in [1.165, 1.54) is 18.5 Å². The van der Waals surface area contributed by atoms with Gasteiger partial charge in [-0.25, -0.2) is 4.98 Å². The molecule has 130 valence electrons. The number of aromatic amines is 1. The maximum Gasteiger partial charge on any atom is 0.177 e. The summed E-state index contributed by atoms with van der Waals surface area (Å²) in [6, 6.07) is 4.55. The summed E-state index contributed by atoms with van der Waals surface area (Å²) < 4.78 is 8.55. The first-order valence-corrected chi connectivity index (χ1v) is 9.73. The van der Waals surface area contributed by atoms with Crippen molar-refractivity contribution in [2.45, 2.75) is 31.7 Å². The van der Waals surface area contributed by atoms with Gasteiger partial charge < -0.3 is 9.64 Å². The van der Waals surface area contributed by atoms with Crippen molar-refractivity contribution in [3.8, 4) is 5.82 Å². The molecule has 0 amide bonds. The standard InChI is InChI=1S/C17H19IN6O/c1-10-9-25-5-4-23(10)15-6-13(18)12-8-19-24(17(12)20-15)16-7-14(21-22-16)11-2-3-11/h6-8,10-11H,2-5,9H2,1H3,(H,21,22)/t10-/m1/s1. The van der Waals surface area contributed by atoms with E-state index in [9.17, 15) is 0 Å². The fraction of sp³-hybridized carbons (Fsp3) is 0.471. The van der Waals surface area contributed by atoms with Crippen molar-refractivity contribution in [3.63, 3.8) is 0 Å². The fourth-order valence-corrected chi connectivity index (χ4v) is 4.03. The molecule has 0 aromatic carbocycles. The van der Waals surface area contributed by atoms with E-state index in [-0.39, 0.29) is 0 Å². The Hall–Kier alpha value is -1.68. The summed E-state index contributed by atoms with van der Waals surface area (Å²) in [5.74, 6) is 2.43. The highest BCUT2D eigenvalue weighted by Crippen LogP contribution is 2.39. The van der Waals surface area contributed by atoms with Gasteiger partial charge in [0, 0.05) is 27.8 Å². The van der Waals surface area contributed by atoms with Gasteiger partial charge in [0.2, 0.25) is 0 Å². The molecule has 4 heterocycles. The van der Waals surface area contributed by atoms with E-state index in [1.54, 1.807) is 0 Å². The van der Waals surface area contributed by atoms with E-state index in [0.29, 0.717) is 12.0 Å². The topological polar surface area (TPSA) is 71.9 Å². The van der Waals surface area contributed by atoms with Crippen molar-refractivity contribution in [1.29, 1.82) is 0 Å². The zero-order valence-corrected chi connectivity index (χ0v) is 16.1. The van der Waals surface area contributed by atoms with Crippen LogP contribution in [0.5, 0.6) is 0 Å². The number of rotatable bonds is 3. The lowest BCUT2D eigenvalue weighted by Crippen LogP contribution is -2.44. The van der Waals surface area contributed by atoms with E-state index >= 15 is 0 Å². The first kappa shape index (κ1) is 15.6. The van der Waals surface area contributed by atoms with Crippen molar-refractivity contribution in [2.24, 2.45) is 0 Å². The van der Waals surface area contributed by atoms with Gasteiger partial charge in [0.15, 0.2) is 11.5 Å². The number of halogens is 1. The minimum Gasteiger partial charge on any atom is -0.377 e. The first-order valence-electron chi connectivity index (χ1n) is 8.65. The highest BCUT2D eigenvalue weighted by atomic mass is 127. The molecule has 1 aliphatic carbocycles. The lowest BCUT2D eigenvalue weighted by Gasteiger charge is -2.34. The SMILES string of the molecule is C[C@@H]1COCCN1c1cc(I)c2cnn(-c3cc(C4CC4)[nH]n3)c2n1. The summed E-state index contributed by atoms with van der Waals surface area (Å²) in [7, 11) is 0. The van der Waals surface area contributed by atoms with Crippen LogP contribution in [0.4, 0.5) is 5.82 Å². The van der Waals surface area contributed by atoms with Crippen LogP contribution in [0.2, 0.25) is 0 Å². The molecule has 2 aliphatic rings. The van der Waals surface area contributed by atoms with Crippen LogP contribution in [0.25, 0.3) is 16.9 Å². The average molecular weight is 450 g/mol. The van der Waals surface area contributed by atoms with Crippen molar-refractivity contribution in [3.05, 3.63) is 27.6 Å². The third-order valence-electron chi connectivity index (χ3n) is 4.96. The Labute approximate surface area is 158 Å². The largest absolute Gasteiger partial charge is 0.377 e. The summed E-state index contributed by atoms with van der Waals surface area (Å²) >= 11 is 2.37. The number of anilines is 1. The minimum atomic E-state index is 0.317. The van der Waals surface area contributed by atoms with Crippen LogP contribution in [0.15, 0.2) is 18.3 Å². The highest BCUT2D eigenvalue weighted by molar-refractivity contribution is 14.1. The number of ether oxygens (including phenoxy) is 1. The minimum absolute atomic E-state index is 0.317. The quantitative estimate of drug-likeness (QED) is 0.622. The summed E-state index contributed by atoms with van der Waals surface area (Å²) in [6.45, 7) is 4.51. The number of fused-ring (bicyclic) bond motifs is 1. The van der Waals surface area contributed by atoms with Crippen molar-refractivity contribution >= 4 is 39.4 Å². The Morgan fingerprint density at radius 2 is 2.16 bits per heavy atom. The summed E-state index contributed by atoms with van der Waals surface area (Å²) in [5.41, 5.74) is 2.06. The lowest BCUT2D eigenvalue weighted by atomic mass is 10.2. The van der Waals surface area contributed by atoms with Gasteiger partial charge in [0.25, 0.3) is 0 Å². The van der Waals surface area contributed by atoms with Crippen LogP contribution < -0.4 is 4.90 Å². The molecule has 0 unspecified atom stereocenters. The van der Waals surface area contributed by atoms with Gasteiger partial charge in [-0.3, -0.25) is 5.10 Å². The number of morpholine rings is 1. The lowest BCUT2D eigenvalue weighted by molar-refractivity contribution is 0.0985. The number of H-pyrrole nitrogens is 1. The van der Waals surface area contributed by atoms with E-state index in [4.69, 9.17) is 9.72 Å². The van der Waals surface area contributed by atoms with Gasteiger partial charge in [0.1, 0.15) is 5.82 Å². The Kier molecular flexibility index (Phi) is 3.70. The molecule has 0 radical (unpaired) electrons. The molecular formula is C17H19IN6O. The monoisotopic (exact) mass is 450 g/mol. The van der Waals surface area contributed by atoms with E-state index in [1.807, 2.05) is 10.9 Å². The second-order valence-corrected chi connectivity index (χ2v) is 7.99. The Morgan fingerprint density at radius 3 is 2.96 bits per heavy atom.